The Hall–Kier alpha value is -1.86. The largest absolute Gasteiger partial charge is 0.341 e. The van der Waals surface area contributed by atoms with Crippen molar-refractivity contribution in [2.75, 3.05) is 7.05 Å². The SMILES string of the molecule is CCCC(N)CC(=O)N(C)Cc1ccc(C#N)cc1. The van der Waals surface area contributed by atoms with E-state index in [1.54, 1.807) is 24.1 Å². The van der Waals surface area contributed by atoms with Crippen LogP contribution in [0.1, 0.15) is 37.3 Å². The molecule has 0 spiro atoms. The molecule has 0 aromatic heterocycles. The lowest BCUT2D eigenvalue weighted by molar-refractivity contribution is -0.130. The van der Waals surface area contributed by atoms with Crippen LogP contribution in [0.25, 0.3) is 0 Å². The molecule has 0 bridgehead atoms. The molecule has 1 aromatic carbocycles. The number of hydrogen-bond acceptors (Lipinski definition) is 3. The molecule has 19 heavy (non-hydrogen) atoms. The molecule has 1 unspecified atom stereocenters. The number of hydrogen-bond donors (Lipinski definition) is 1. The molecule has 4 heteroatoms. The first-order chi connectivity index (χ1) is 9.06. The number of benzene rings is 1. The van der Waals surface area contributed by atoms with Crippen LogP contribution in [-0.4, -0.2) is 23.9 Å². The quantitative estimate of drug-likeness (QED) is 0.849. The third-order valence-corrected chi connectivity index (χ3v) is 3.02. The van der Waals surface area contributed by atoms with Gasteiger partial charge in [0.1, 0.15) is 0 Å². The molecule has 0 heterocycles. The number of amides is 1. The van der Waals surface area contributed by atoms with Gasteiger partial charge in [0.2, 0.25) is 5.91 Å². The smallest absolute Gasteiger partial charge is 0.224 e. The van der Waals surface area contributed by atoms with E-state index >= 15 is 0 Å². The minimum absolute atomic E-state index is 0.0547. The Balaban J connectivity index is 2.51. The van der Waals surface area contributed by atoms with E-state index in [0.29, 0.717) is 18.5 Å². The van der Waals surface area contributed by atoms with E-state index in [1.165, 1.54) is 0 Å². The molecular formula is C15H21N3O. The summed E-state index contributed by atoms with van der Waals surface area (Å²) in [6.45, 7) is 2.61. The van der Waals surface area contributed by atoms with Gasteiger partial charge in [0.25, 0.3) is 0 Å². The lowest BCUT2D eigenvalue weighted by atomic mass is 10.1. The van der Waals surface area contributed by atoms with Crippen LogP contribution in [0.2, 0.25) is 0 Å². The Morgan fingerprint density at radius 3 is 2.58 bits per heavy atom. The summed E-state index contributed by atoms with van der Waals surface area (Å²) < 4.78 is 0. The second-order valence-corrected chi connectivity index (χ2v) is 4.81. The first kappa shape index (κ1) is 15.2. The van der Waals surface area contributed by atoms with Crippen LogP contribution in [0, 0.1) is 11.3 Å². The fraction of sp³-hybridized carbons (Fsp3) is 0.467. The van der Waals surface area contributed by atoms with Gasteiger partial charge in [-0.1, -0.05) is 25.5 Å². The molecule has 0 radical (unpaired) electrons. The number of carbonyl (C=O) groups is 1. The van der Waals surface area contributed by atoms with Gasteiger partial charge >= 0.3 is 0 Å². The molecule has 1 amide bonds. The standard InChI is InChI=1S/C15H21N3O/c1-3-4-14(17)9-15(19)18(2)11-13-7-5-12(10-16)6-8-13/h5-8,14H,3-4,9,11,17H2,1-2H3. The van der Waals surface area contributed by atoms with Crippen LogP contribution in [0.4, 0.5) is 0 Å². The topological polar surface area (TPSA) is 70.1 Å². The molecular weight excluding hydrogens is 238 g/mol. The van der Waals surface area contributed by atoms with Crippen molar-refractivity contribution in [1.82, 2.24) is 4.90 Å². The van der Waals surface area contributed by atoms with Crippen molar-refractivity contribution >= 4 is 5.91 Å². The van der Waals surface area contributed by atoms with Gasteiger partial charge < -0.3 is 10.6 Å². The zero-order valence-electron chi connectivity index (χ0n) is 11.6. The van der Waals surface area contributed by atoms with Gasteiger partial charge in [-0.2, -0.15) is 5.26 Å². The summed E-state index contributed by atoms with van der Waals surface area (Å²) in [6.07, 6.45) is 2.25. The molecule has 102 valence electrons. The van der Waals surface area contributed by atoms with Crippen molar-refractivity contribution in [1.29, 1.82) is 5.26 Å². The molecule has 0 saturated heterocycles. The van der Waals surface area contributed by atoms with Crippen molar-refractivity contribution in [3.8, 4) is 6.07 Å². The normalized spacial score (nSPS) is 11.7. The zero-order chi connectivity index (χ0) is 14.3. The van der Waals surface area contributed by atoms with Crippen molar-refractivity contribution in [3.05, 3.63) is 35.4 Å². The van der Waals surface area contributed by atoms with Crippen molar-refractivity contribution in [3.63, 3.8) is 0 Å². The summed E-state index contributed by atoms with van der Waals surface area (Å²) in [6, 6.07) is 9.28. The van der Waals surface area contributed by atoms with Gasteiger partial charge in [-0.15, -0.1) is 0 Å². The molecule has 2 N–H and O–H groups in total. The van der Waals surface area contributed by atoms with Crippen molar-refractivity contribution in [2.45, 2.75) is 38.8 Å². The molecule has 4 nitrogen and oxygen atoms in total. The van der Waals surface area contributed by atoms with Gasteiger partial charge in [-0.05, 0) is 24.1 Å². The van der Waals surface area contributed by atoms with Crippen LogP contribution in [0.15, 0.2) is 24.3 Å². The molecule has 1 aromatic rings. The number of nitriles is 1. The molecule has 1 rings (SSSR count). The van der Waals surface area contributed by atoms with E-state index in [0.717, 1.165) is 18.4 Å². The zero-order valence-corrected chi connectivity index (χ0v) is 11.6. The lowest BCUT2D eigenvalue weighted by Gasteiger charge is -2.19. The third-order valence-electron chi connectivity index (χ3n) is 3.02. The van der Waals surface area contributed by atoms with Gasteiger partial charge in [-0.25, -0.2) is 0 Å². The molecule has 0 fully saturated rings. The van der Waals surface area contributed by atoms with Gasteiger partial charge in [-0.3, -0.25) is 4.79 Å². The lowest BCUT2D eigenvalue weighted by Crippen LogP contribution is -2.32. The van der Waals surface area contributed by atoms with E-state index in [4.69, 9.17) is 11.0 Å². The summed E-state index contributed by atoms with van der Waals surface area (Å²) in [5, 5.41) is 8.72. The first-order valence-corrected chi connectivity index (χ1v) is 6.55. The monoisotopic (exact) mass is 259 g/mol. The van der Waals surface area contributed by atoms with Gasteiger partial charge in [0.05, 0.1) is 11.6 Å². The minimum Gasteiger partial charge on any atom is -0.341 e. The van der Waals surface area contributed by atoms with Crippen LogP contribution in [-0.2, 0) is 11.3 Å². The molecule has 0 saturated carbocycles. The highest BCUT2D eigenvalue weighted by atomic mass is 16.2. The van der Waals surface area contributed by atoms with Crippen LogP contribution in [0.3, 0.4) is 0 Å². The number of nitrogens with zero attached hydrogens (tertiary/aromatic N) is 2. The van der Waals surface area contributed by atoms with E-state index in [-0.39, 0.29) is 11.9 Å². The molecule has 0 aliphatic rings. The Morgan fingerprint density at radius 1 is 1.42 bits per heavy atom. The number of carbonyl (C=O) groups excluding carboxylic acids is 1. The second-order valence-electron chi connectivity index (χ2n) is 4.81. The number of rotatable bonds is 6. The van der Waals surface area contributed by atoms with Gasteiger partial charge in [0, 0.05) is 26.1 Å². The van der Waals surface area contributed by atoms with Crippen LogP contribution in [0.5, 0.6) is 0 Å². The van der Waals surface area contributed by atoms with Gasteiger partial charge in [0.15, 0.2) is 0 Å². The fourth-order valence-electron chi connectivity index (χ4n) is 1.90. The van der Waals surface area contributed by atoms with E-state index in [9.17, 15) is 4.79 Å². The maximum atomic E-state index is 11.9. The van der Waals surface area contributed by atoms with Crippen molar-refractivity contribution < 1.29 is 4.79 Å². The Kier molecular flexibility index (Phi) is 6.04. The summed E-state index contributed by atoms with van der Waals surface area (Å²) in [4.78, 5) is 13.6. The Morgan fingerprint density at radius 2 is 2.05 bits per heavy atom. The average molecular weight is 259 g/mol. The average Bonchev–Trinajstić information content (AvgIpc) is 2.39. The van der Waals surface area contributed by atoms with Crippen LogP contribution < -0.4 is 5.73 Å². The molecule has 0 aliphatic heterocycles. The summed E-state index contributed by atoms with van der Waals surface area (Å²) in [5.41, 5.74) is 7.51. The van der Waals surface area contributed by atoms with E-state index in [1.807, 2.05) is 12.1 Å². The molecule has 0 aliphatic carbocycles. The predicted molar refractivity (Wildman–Crippen MR) is 75.1 cm³/mol. The highest BCUT2D eigenvalue weighted by Gasteiger charge is 2.13. The first-order valence-electron chi connectivity index (χ1n) is 6.55. The summed E-state index contributed by atoms with van der Waals surface area (Å²) >= 11 is 0. The second kappa shape index (κ2) is 7.55. The Labute approximate surface area is 114 Å². The highest BCUT2D eigenvalue weighted by Crippen LogP contribution is 2.08. The van der Waals surface area contributed by atoms with E-state index in [2.05, 4.69) is 13.0 Å². The van der Waals surface area contributed by atoms with Crippen LogP contribution >= 0.6 is 0 Å². The third kappa shape index (κ3) is 5.11. The van der Waals surface area contributed by atoms with Crippen molar-refractivity contribution in [2.24, 2.45) is 5.73 Å². The Bertz CT molecular complexity index is 447. The predicted octanol–water partition coefficient (Wildman–Crippen LogP) is 2.03. The maximum absolute atomic E-state index is 11.9. The fourth-order valence-corrected chi connectivity index (χ4v) is 1.90. The number of nitrogens with two attached hydrogens (primary N) is 1. The molecule has 1 atom stereocenters. The maximum Gasteiger partial charge on any atom is 0.224 e. The minimum atomic E-state index is -0.0547. The highest BCUT2D eigenvalue weighted by molar-refractivity contribution is 5.76. The summed E-state index contributed by atoms with van der Waals surface area (Å²) in [5.74, 6) is 0.0605. The summed E-state index contributed by atoms with van der Waals surface area (Å²) in [7, 11) is 1.78. The van der Waals surface area contributed by atoms with E-state index < -0.39 is 0 Å².